The molecule has 1 aromatic carbocycles. The first-order valence-electron chi connectivity index (χ1n) is 7.32. The Morgan fingerprint density at radius 2 is 1.80 bits per heavy atom. The largest absolute Gasteiger partial charge is 0.377 e. The van der Waals surface area contributed by atoms with Crippen LogP contribution in [-0.2, 0) is 15.9 Å². The molecular weight excluding hydrogens is 252 g/mol. The molecule has 1 aliphatic rings. The molecule has 20 heavy (non-hydrogen) atoms. The Balaban J connectivity index is 2.21. The number of nitrogens with two attached hydrogens (primary N) is 1. The lowest BCUT2D eigenvalue weighted by atomic mass is 9.97. The second-order valence-corrected chi connectivity index (χ2v) is 5.31. The number of hydrogen-bond acceptors (Lipinski definition) is 4. The highest BCUT2D eigenvalue weighted by Crippen LogP contribution is 2.29. The van der Waals surface area contributed by atoms with E-state index in [1.807, 2.05) is 0 Å². The van der Waals surface area contributed by atoms with Gasteiger partial charge in [0.05, 0.1) is 12.2 Å². The van der Waals surface area contributed by atoms with Crippen LogP contribution in [0.5, 0.6) is 0 Å². The van der Waals surface area contributed by atoms with Crippen LogP contribution in [0.15, 0.2) is 24.3 Å². The first-order valence-corrected chi connectivity index (χ1v) is 7.32. The molecule has 3 atom stereocenters. The van der Waals surface area contributed by atoms with Crippen molar-refractivity contribution >= 4 is 0 Å². The van der Waals surface area contributed by atoms with Gasteiger partial charge in [0.15, 0.2) is 0 Å². The molecule has 0 amide bonds. The van der Waals surface area contributed by atoms with Crippen LogP contribution >= 0.6 is 0 Å². The summed E-state index contributed by atoms with van der Waals surface area (Å²) in [6.07, 6.45) is 1.28. The fraction of sp³-hybridized carbons (Fsp3) is 0.625. The van der Waals surface area contributed by atoms with Crippen LogP contribution in [-0.4, -0.2) is 51.0 Å². The van der Waals surface area contributed by atoms with E-state index in [1.54, 1.807) is 14.2 Å². The number of rotatable bonds is 6. The second kappa shape index (κ2) is 7.18. The van der Waals surface area contributed by atoms with E-state index in [0.717, 1.165) is 19.5 Å². The predicted molar refractivity (Wildman–Crippen MR) is 80.8 cm³/mol. The number of nitrogens with zero attached hydrogens (tertiary/aromatic N) is 1. The SMILES string of the molecule is CCc1ccccc1C(CN)N1CC(OC)C(OC)C1. The lowest BCUT2D eigenvalue weighted by Crippen LogP contribution is -2.33. The monoisotopic (exact) mass is 278 g/mol. The first kappa shape index (κ1) is 15.4. The van der Waals surface area contributed by atoms with E-state index in [4.69, 9.17) is 15.2 Å². The number of likely N-dealkylation sites (tertiary alicyclic amines) is 1. The predicted octanol–water partition coefficient (Wildman–Crippen LogP) is 1.59. The lowest BCUT2D eigenvalue weighted by Gasteiger charge is -2.28. The minimum absolute atomic E-state index is 0.128. The maximum atomic E-state index is 6.06. The van der Waals surface area contributed by atoms with Gasteiger partial charge in [0.25, 0.3) is 0 Å². The van der Waals surface area contributed by atoms with Gasteiger partial charge in [-0.25, -0.2) is 0 Å². The average molecular weight is 278 g/mol. The van der Waals surface area contributed by atoms with Gasteiger partial charge in [-0.3, -0.25) is 4.90 Å². The van der Waals surface area contributed by atoms with Crippen molar-refractivity contribution in [3.05, 3.63) is 35.4 Å². The van der Waals surface area contributed by atoms with Crippen LogP contribution in [0.25, 0.3) is 0 Å². The van der Waals surface area contributed by atoms with E-state index >= 15 is 0 Å². The van der Waals surface area contributed by atoms with Crippen LogP contribution in [0, 0.1) is 0 Å². The molecule has 0 saturated carbocycles. The average Bonchev–Trinajstić information content (AvgIpc) is 2.91. The summed E-state index contributed by atoms with van der Waals surface area (Å²) in [4.78, 5) is 2.39. The van der Waals surface area contributed by atoms with E-state index in [0.29, 0.717) is 6.54 Å². The molecule has 2 N–H and O–H groups in total. The van der Waals surface area contributed by atoms with Gasteiger partial charge in [-0.2, -0.15) is 0 Å². The molecule has 1 aromatic rings. The molecule has 1 heterocycles. The number of methoxy groups -OCH3 is 2. The Hall–Kier alpha value is -0.940. The highest BCUT2D eigenvalue weighted by molar-refractivity contribution is 5.30. The Kier molecular flexibility index (Phi) is 5.54. The molecule has 2 rings (SSSR count). The molecule has 0 spiro atoms. The quantitative estimate of drug-likeness (QED) is 0.858. The third-order valence-electron chi connectivity index (χ3n) is 4.31. The van der Waals surface area contributed by atoms with Gasteiger partial charge in [-0.05, 0) is 17.5 Å². The lowest BCUT2D eigenvalue weighted by molar-refractivity contribution is -0.00461. The third-order valence-corrected chi connectivity index (χ3v) is 4.31. The zero-order chi connectivity index (χ0) is 14.5. The standard InChI is InChI=1S/C16H26N2O2/c1-4-12-7-5-6-8-13(12)14(9-17)18-10-15(19-2)16(11-18)20-3/h5-8,14-16H,4,9-11,17H2,1-3H3. The zero-order valence-corrected chi connectivity index (χ0v) is 12.7. The van der Waals surface area contributed by atoms with Gasteiger partial charge in [0.1, 0.15) is 0 Å². The van der Waals surface area contributed by atoms with Crippen LogP contribution in [0.1, 0.15) is 24.1 Å². The summed E-state index contributed by atoms with van der Waals surface area (Å²) >= 11 is 0. The van der Waals surface area contributed by atoms with Crippen molar-refractivity contribution in [2.45, 2.75) is 31.6 Å². The Morgan fingerprint density at radius 3 is 2.30 bits per heavy atom. The number of benzene rings is 1. The maximum absolute atomic E-state index is 6.06. The van der Waals surface area contributed by atoms with E-state index in [2.05, 4.69) is 36.1 Å². The molecule has 4 nitrogen and oxygen atoms in total. The summed E-state index contributed by atoms with van der Waals surface area (Å²) in [6, 6.07) is 8.81. The molecule has 4 heteroatoms. The normalized spacial score (nSPS) is 25.0. The molecule has 0 radical (unpaired) electrons. The van der Waals surface area contributed by atoms with E-state index in [9.17, 15) is 0 Å². The topological polar surface area (TPSA) is 47.7 Å². The van der Waals surface area contributed by atoms with Crippen molar-refractivity contribution in [3.63, 3.8) is 0 Å². The highest BCUT2D eigenvalue weighted by atomic mass is 16.5. The number of ether oxygens (including phenoxy) is 2. The molecule has 0 bridgehead atoms. The summed E-state index contributed by atoms with van der Waals surface area (Å²) in [5.74, 6) is 0. The van der Waals surface area contributed by atoms with Crippen LogP contribution < -0.4 is 5.73 Å². The smallest absolute Gasteiger partial charge is 0.0972 e. The number of aryl methyl sites for hydroxylation is 1. The van der Waals surface area contributed by atoms with Crippen molar-refractivity contribution in [3.8, 4) is 0 Å². The van der Waals surface area contributed by atoms with Gasteiger partial charge < -0.3 is 15.2 Å². The van der Waals surface area contributed by atoms with Crippen molar-refractivity contribution < 1.29 is 9.47 Å². The van der Waals surface area contributed by atoms with Gasteiger partial charge >= 0.3 is 0 Å². The molecule has 112 valence electrons. The zero-order valence-electron chi connectivity index (χ0n) is 12.7. The second-order valence-electron chi connectivity index (χ2n) is 5.31. The van der Waals surface area contributed by atoms with Crippen molar-refractivity contribution in [1.29, 1.82) is 0 Å². The van der Waals surface area contributed by atoms with E-state index in [-0.39, 0.29) is 18.2 Å². The number of hydrogen-bond donors (Lipinski definition) is 1. The minimum Gasteiger partial charge on any atom is -0.377 e. The van der Waals surface area contributed by atoms with E-state index < -0.39 is 0 Å². The van der Waals surface area contributed by atoms with Crippen LogP contribution in [0.2, 0.25) is 0 Å². The molecule has 3 unspecified atom stereocenters. The van der Waals surface area contributed by atoms with Crippen molar-refractivity contribution in [2.24, 2.45) is 5.73 Å². The third kappa shape index (κ3) is 3.04. The van der Waals surface area contributed by atoms with Gasteiger partial charge in [-0.1, -0.05) is 31.2 Å². The maximum Gasteiger partial charge on any atom is 0.0972 e. The summed E-state index contributed by atoms with van der Waals surface area (Å²) in [6.45, 7) is 4.54. The summed E-state index contributed by atoms with van der Waals surface area (Å²) < 4.78 is 11.0. The van der Waals surface area contributed by atoms with Gasteiger partial charge in [0.2, 0.25) is 0 Å². The first-order chi connectivity index (χ1) is 9.74. The summed E-state index contributed by atoms with van der Waals surface area (Å²) in [5.41, 5.74) is 8.77. The fourth-order valence-corrected chi connectivity index (χ4v) is 3.13. The minimum atomic E-state index is 0.128. The summed E-state index contributed by atoms with van der Waals surface area (Å²) in [7, 11) is 3.50. The highest BCUT2D eigenvalue weighted by Gasteiger charge is 2.36. The molecule has 0 aliphatic carbocycles. The van der Waals surface area contributed by atoms with E-state index in [1.165, 1.54) is 11.1 Å². The molecule has 1 fully saturated rings. The molecule has 1 aliphatic heterocycles. The fourth-order valence-electron chi connectivity index (χ4n) is 3.13. The molecule has 1 saturated heterocycles. The summed E-state index contributed by atoms with van der Waals surface area (Å²) in [5, 5.41) is 0. The van der Waals surface area contributed by atoms with Crippen molar-refractivity contribution in [1.82, 2.24) is 4.90 Å². The van der Waals surface area contributed by atoms with Gasteiger partial charge in [0, 0.05) is 39.9 Å². The molecular formula is C16H26N2O2. The van der Waals surface area contributed by atoms with Crippen LogP contribution in [0.4, 0.5) is 0 Å². The van der Waals surface area contributed by atoms with Gasteiger partial charge in [-0.15, -0.1) is 0 Å². The van der Waals surface area contributed by atoms with Crippen molar-refractivity contribution in [2.75, 3.05) is 33.9 Å². The Labute approximate surface area is 121 Å². The Morgan fingerprint density at radius 1 is 1.20 bits per heavy atom. The molecule has 0 aromatic heterocycles. The van der Waals surface area contributed by atoms with Crippen LogP contribution in [0.3, 0.4) is 0 Å². The Bertz CT molecular complexity index is 413.